The molecule has 0 spiro atoms. The molecule has 4 amide bonds. The zero-order chi connectivity index (χ0) is 28.3. The molecule has 0 bridgehead atoms. The summed E-state index contributed by atoms with van der Waals surface area (Å²) in [6.07, 6.45) is -0.791. The molecule has 12 heteroatoms. The normalized spacial score (nSPS) is 13.5. The number of nitrogens with two attached hydrogens (primary N) is 1. The lowest BCUT2D eigenvalue weighted by Crippen LogP contribution is -2.55. The number of primary amides is 1. The maximum Gasteiger partial charge on any atom is 0.408 e. The van der Waals surface area contributed by atoms with E-state index in [1.165, 1.54) is 36.3 Å². The summed E-state index contributed by atoms with van der Waals surface area (Å²) in [5.74, 6) is -2.76. The van der Waals surface area contributed by atoms with Crippen molar-refractivity contribution in [3.8, 4) is 5.75 Å². The molecule has 0 saturated carbocycles. The molecule has 0 aliphatic heterocycles. The van der Waals surface area contributed by atoms with Crippen LogP contribution < -0.4 is 16.4 Å². The van der Waals surface area contributed by atoms with Gasteiger partial charge in [-0.1, -0.05) is 19.1 Å². The molecule has 0 radical (unpaired) electrons. The van der Waals surface area contributed by atoms with Crippen molar-refractivity contribution in [3.05, 3.63) is 29.8 Å². The standard InChI is InChI=1S/C25H38N4O8/c1-7-15(2)29(23(34)18(12-13-19(26)31)28-24(35)37-25(3,4)5)21(16-8-10-17(30)11-9-16)22(33)27-14-20(32)36-6/h8-11,15,18,21,30H,7,12-14H2,1-6H3,(H2,26,31)(H,27,33)(H,28,35). The third kappa shape index (κ3) is 10.4. The highest BCUT2D eigenvalue weighted by molar-refractivity contribution is 5.93. The van der Waals surface area contributed by atoms with E-state index in [1.54, 1.807) is 27.7 Å². The molecule has 0 aromatic heterocycles. The van der Waals surface area contributed by atoms with Crippen LogP contribution >= 0.6 is 0 Å². The van der Waals surface area contributed by atoms with Gasteiger partial charge < -0.3 is 35.8 Å². The van der Waals surface area contributed by atoms with Crippen molar-refractivity contribution in [3.63, 3.8) is 0 Å². The molecule has 37 heavy (non-hydrogen) atoms. The van der Waals surface area contributed by atoms with Crippen LogP contribution in [0.4, 0.5) is 4.79 Å². The van der Waals surface area contributed by atoms with Crippen molar-refractivity contribution in [1.82, 2.24) is 15.5 Å². The molecule has 1 aromatic rings. The van der Waals surface area contributed by atoms with Crippen molar-refractivity contribution in [2.24, 2.45) is 5.73 Å². The van der Waals surface area contributed by atoms with E-state index in [1.807, 2.05) is 6.92 Å². The lowest BCUT2D eigenvalue weighted by molar-refractivity contribution is -0.146. The van der Waals surface area contributed by atoms with Crippen LogP contribution in [0, 0.1) is 0 Å². The number of nitrogens with zero attached hydrogens (tertiary/aromatic N) is 1. The Morgan fingerprint density at radius 1 is 1.11 bits per heavy atom. The number of esters is 1. The molecule has 0 aliphatic carbocycles. The van der Waals surface area contributed by atoms with E-state index in [0.29, 0.717) is 12.0 Å². The Morgan fingerprint density at radius 3 is 2.19 bits per heavy atom. The van der Waals surface area contributed by atoms with Crippen molar-refractivity contribution >= 4 is 29.8 Å². The Kier molecular flexibility index (Phi) is 11.8. The molecule has 5 N–H and O–H groups in total. The molecular formula is C25H38N4O8. The summed E-state index contributed by atoms with van der Waals surface area (Å²) in [5, 5.41) is 14.7. The molecule has 0 fully saturated rings. The van der Waals surface area contributed by atoms with E-state index < -0.39 is 60.1 Å². The van der Waals surface area contributed by atoms with Crippen molar-refractivity contribution in [2.75, 3.05) is 13.7 Å². The number of phenolic OH excluding ortho intramolecular Hbond substituents is 1. The highest BCUT2D eigenvalue weighted by atomic mass is 16.6. The predicted octanol–water partition coefficient (Wildman–Crippen LogP) is 1.51. The first-order valence-corrected chi connectivity index (χ1v) is 11.9. The lowest BCUT2D eigenvalue weighted by Gasteiger charge is -2.38. The fourth-order valence-electron chi connectivity index (χ4n) is 3.39. The number of rotatable bonds is 12. The highest BCUT2D eigenvalue weighted by Gasteiger charge is 2.38. The Bertz CT molecular complexity index is 958. The van der Waals surface area contributed by atoms with Gasteiger partial charge in [0, 0.05) is 12.5 Å². The number of amides is 4. The first kappa shape index (κ1) is 31.2. The molecule has 1 aromatic carbocycles. The van der Waals surface area contributed by atoms with Crippen LogP contribution in [0.2, 0.25) is 0 Å². The molecule has 0 saturated heterocycles. The van der Waals surface area contributed by atoms with Gasteiger partial charge in [0.1, 0.15) is 30.0 Å². The van der Waals surface area contributed by atoms with Gasteiger partial charge in [-0.15, -0.1) is 0 Å². The fourth-order valence-corrected chi connectivity index (χ4v) is 3.39. The summed E-state index contributed by atoms with van der Waals surface area (Å²) < 4.78 is 9.86. The summed E-state index contributed by atoms with van der Waals surface area (Å²) in [6, 6.07) is 2.65. The number of nitrogens with one attached hydrogen (secondary N) is 2. The second-order valence-corrected chi connectivity index (χ2v) is 9.49. The third-order valence-electron chi connectivity index (χ3n) is 5.36. The third-order valence-corrected chi connectivity index (χ3v) is 5.36. The summed E-state index contributed by atoms with van der Waals surface area (Å²) in [5.41, 5.74) is 4.79. The van der Waals surface area contributed by atoms with Gasteiger partial charge in [0.05, 0.1) is 7.11 Å². The summed E-state index contributed by atoms with van der Waals surface area (Å²) in [7, 11) is 1.17. The van der Waals surface area contributed by atoms with E-state index >= 15 is 0 Å². The molecule has 3 atom stereocenters. The number of methoxy groups -OCH3 is 1. The zero-order valence-corrected chi connectivity index (χ0v) is 22.2. The van der Waals surface area contributed by atoms with E-state index in [2.05, 4.69) is 15.4 Å². The number of hydrogen-bond donors (Lipinski definition) is 4. The Labute approximate surface area is 216 Å². The minimum absolute atomic E-state index is 0.0511. The second-order valence-electron chi connectivity index (χ2n) is 9.49. The number of hydrogen-bond acceptors (Lipinski definition) is 8. The molecule has 0 heterocycles. The number of carbonyl (C=O) groups is 5. The Balaban J connectivity index is 3.51. The van der Waals surface area contributed by atoms with Crippen molar-refractivity contribution in [1.29, 1.82) is 0 Å². The first-order valence-electron chi connectivity index (χ1n) is 11.9. The fraction of sp³-hybridized carbons (Fsp3) is 0.560. The molecule has 3 unspecified atom stereocenters. The molecular weight excluding hydrogens is 484 g/mol. The van der Waals surface area contributed by atoms with Gasteiger partial charge in [0.25, 0.3) is 0 Å². The number of ether oxygens (including phenoxy) is 2. The number of alkyl carbamates (subject to hydrolysis) is 1. The zero-order valence-electron chi connectivity index (χ0n) is 22.2. The van der Waals surface area contributed by atoms with Crippen LogP contribution in [0.3, 0.4) is 0 Å². The topological polar surface area (TPSA) is 177 Å². The molecule has 1 rings (SSSR count). The largest absolute Gasteiger partial charge is 0.508 e. The van der Waals surface area contributed by atoms with Crippen LogP contribution in [0.1, 0.15) is 65.5 Å². The van der Waals surface area contributed by atoms with E-state index in [4.69, 9.17) is 10.5 Å². The van der Waals surface area contributed by atoms with Crippen LogP contribution in [0.15, 0.2) is 24.3 Å². The molecule has 12 nitrogen and oxygen atoms in total. The lowest BCUT2D eigenvalue weighted by atomic mass is 9.98. The summed E-state index contributed by atoms with van der Waals surface area (Å²) in [4.78, 5) is 64.2. The molecule has 206 valence electrons. The van der Waals surface area contributed by atoms with Crippen LogP contribution in [0.5, 0.6) is 5.75 Å². The smallest absolute Gasteiger partial charge is 0.408 e. The number of carbonyl (C=O) groups excluding carboxylic acids is 5. The average molecular weight is 523 g/mol. The van der Waals surface area contributed by atoms with Gasteiger partial charge in [-0.25, -0.2) is 4.79 Å². The Morgan fingerprint density at radius 2 is 1.70 bits per heavy atom. The van der Waals surface area contributed by atoms with Gasteiger partial charge in [-0.05, 0) is 58.2 Å². The van der Waals surface area contributed by atoms with Crippen LogP contribution in [0.25, 0.3) is 0 Å². The van der Waals surface area contributed by atoms with Crippen molar-refractivity contribution < 1.29 is 38.6 Å². The number of phenols is 1. The SMILES string of the molecule is CCC(C)N(C(=O)C(CCC(N)=O)NC(=O)OC(C)(C)C)C(C(=O)NCC(=O)OC)c1ccc(O)cc1. The van der Waals surface area contributed by atoms with E-state index in [0.717, 1.165) is 0 Å². The molecule has 0 aliphatic rings. The van der Waals surface area contributed by atoms with Crippen LogP contribution in [-0.4, -0.2) is 71.1 Å². The second kappa shape index (κ2) is 14.0. The summed E-state index contributed by atoms with van der Waals surface area (Å²) >= 11 is 0. The minimum atomic E-state index is -1.25. The van der Waals surface area contributed by atoms with Crippen molar-refractivity contribution in [2.45, 2.75) is 77.6 Å². The average Bonchev–Trinajstić information content (AvgIpc) is 2.81. The van der Waals surface area contributed by atoms with E-state index in [9.17, 15) is 29.1 Å². The van der Waals surface area contributed by atoms with Gasteiger partial charge >= 0.3 is 12.1 Å². The highest BCUT2D eigenvalue weighted by Crippen LogP contribution is 2.28. The van der Waals surface area contributed by atoms with Gasteiger partial charge in [0.2, 0.25) is 17.7 Å². The first-order chi connectivity index (χ1) is 17.2. The number of aromatic hydroxyl groups is 1. The Hall–Kier alpha value is -3.83. The quantitative estimate of drug-likeness (QED) is 0.298. The minimum Gasteiger partial charge on any atom is -0.508 e. The van der Waals surface area contributed by atoms with Gasteiger partial charge in [-0.2, -0.15) is 0 Å². The number of benzene rings is 1. The monoisotopic (exact) mass is 522 g/mol. The maximum absolute atomic E-state index is 13.9. The van der Waals surface area contributed by atoms with Crippen LogP contribution in [-0.2, 0) is 28.7 Å². The summed E-state index contributed by atoms with van der Waals surface area (Å²) in [6.45, 7) is 8.07. The van der Waals surface area contributed by atoms with Gasteiger partial charge in [0.15, 0.2) is 0 Å². The van der Waals surface area contributed by atoms with E-state index in [-0.39, 0.29) is 18.6 Å². The van der Waals surface area contributed by atoms with Gasteiger partial charge in [-0.3, -0.25) is 19.2 Å². The maximum atomic E-state index is 13.9. The predicted molar refractivity (Wildman–Crippen MR) is 134 cm³/mol.